The molecule has 0 heterocycles. The van der Waals surface area contributed by atoms with E-state index in [1.807, 2.05) is 24.3 Å². The molecule has 0 aliphatic heterocycles. The van der Waals surface area contributed by atoms with Crippen molar-refractivity contribution in [2.45, 2.75) is 44.9 Å². The monoisotopic (exact) mass is 355 g/mol. The first-order valence-electron chi connectivity index (χ1n) is 7.31. The van der Waals surface area contributed by atoms with E-state index in [2.05, 4.69) is 21.2 Å². The molecule has 0 aliphatic carbocycles. The van der Waals surface area contributed by atoms with Gasteiger partial charge in [-0.25, -0.2) is 0 Å². The van der Waals surface area contributed by atoms with Crippen molar-refractivity contribution < 1.29 is 14.7 Å². The van der Waals surface area contributed by atoms with Crippen LogP contribution in [0.3, 0.4) is 0 Å². The van der Waals surface area contributed by atoms with Crippen molar-refractivity contribution in [1.29, 1.82) is 0 Å². The second kappa shape index (κ2) is 10.4. The SMILES string of the molecule is O=C(O)CCCCCCCNC(=O)Cc1ccc(Br)cc1. The van der Waals surface area contributed by atoms with Gasteiger partial charge in [0.1, 0.15) is 0 Å². The molecule has 1 amide bonds. The molecule has 0 atom stereocenters. The maximum Gasteiger partial charge on any atom is 0.303 e. The summed E-state index contributed by atoms with van der Waals surface area (Å²) in [6.07, 6.45) is 5.34. The lowest BCUT2D eigenvalue weighted by Crippen LogP contribution is -2.26. The van der Waals surface area contributed by atoms with Crippen LogP contribution in [-0.2, 0) is 16.0 Å². The number of carbonyl (C=O) groups excluding carboxylic acids is 1. The van der Waals surface area contributed by atoms with Crippen molar-refractivity contribution in [3.05, 3.63) is 34.3 Å². The molecule has 0 saturated heterocycles. The van der Waals surface area contributed by atoms with Crippen molar-refractivity contribution in [2.75, 3.05) is 6.54 Å². The van der Waals surface area contributed by atoms with E-state index in [0.717, 1.165) is 42.1 Å². The largest absolute Gasteiger partial charge is 0.481 e. The Bertz CT molecular complexity index is 445. The number of halogens is 1. The van der Waals surface area contributed by atoms with E-state index in [-0.39, 0.29) is 12.3 Å². The first-order valence-corrected chi connectivity index (χ1v) is 8.10. The van der Waals surface area contributed by atoms with Gasteiger partial charge in [0, 0.05) is 17.4 Å². The van der Waals surface area contributed by atoms with Crippen LogP contribution >= 0.6 is 15.9 Å². The minimum Gasteiger partial charge on any atom is -0.481 e. The average Bonchev–Trinajstić information content (AvgIpc) is 2.44. The highest BCUT2D eigenvalue weighted by molar-refractivity contribution is 9.10. The number of aliphatic carboxylic acids is 1. The molecule has 0 bridgehead atoms. The number of carboxylic acid groups (broad SMARTS) is 1. The van der Waals surface area contributed by atoms with E-state index in [0.29, 0.717) is 13.0 Å². The fourth-order valence-electron chi connectivity index (χ4n) is 2.01. The van der Waals surface area contributed by atoms with Crippen molar-refractivity contribution in [1.82, 2.24) is 5.32 Å². The molecule has 1 aromatic carbocycles. The van der Waals surface area contributed by atoms with E-state index in [1.54, 1.807) is 0 Å². The van der Waals surface area contributed by atoms with Gasteiger partial charge in [-0.2, -0.15) is 0 Å². The lowest BCUT2D eigenvalue weighted by molar-refractivity contribution is -0.137. The summed E-state index contributed by atoms with van der Waals surface area (Å²) < 4.78 is 1.01. The third-order valence-corrected chi connectivity index (χ3v) is 3.70. The van der Waals surface area contributed by atoms with Gasteiger partial charge in [-0.15, -0.1) is 0 Å². The summed E-state index contributed by atoms with van der Waals surface area (Å²) in [4.78, 5) is 22.0. The van der Waals surface area contributed by atoms with E-state index < -0.39 is 5.97 Å². The Morgan fingerprint density at radius 1 is 1.00 bits per heavy atom. The quantitative estimate of drug-likeness (QED) is 0.631. The molecular formula is C16H22BrNO3. The van der Waals surface area contributed by atoms with Gasteiger partial charge in [0.25, 0.3) is 0 Å². The zero-order valence-corrected chi connectivity index (χ0v) is 13.7. The third-order valence-electron chi connectivity index (χ3n) is 3.17. The average molecular weight is 356 g/mol. The second-order valence-electron chi connectivity index (χ2n) is 5.06. The standard InChI is InChI=1S/C16H22BrNO3/c17-14-9-7-13(8-10-14)12-15(19)18-11-5-3-1-2-4-6-16(20)21/h7-10H,1-6,11-12H2,(H,18,19)(H,20,21). The smallest absolute Gasteiger partial charge is 0.303 e. The normalized spacial score (nSPS) is 10.3. The van der Waals surface area contributed by atoms with Gasteiger partial charge in [-0.1, -0.05) is 47.3 Å². The predicted molar refractivity (Wildman–Crippen MR) is 86.2 cm³/mol. The lowest BCUT2D eigenvalue weighted by atomic mass is 10.1. The molecule has 21 heavy (non-hydrogen) atoms. The summed E-state index contributed by atoms with van der Waals surface area (Å²) in [7, 11) is 0. The number of rotatable bonds is 10. The first kappa shape index (κ1) is 17.7. The zero-order valence-electron chi connectivity index (χ0n) is 12.1. The van der Waals surface area contributed by atoms with Gasteiger partial charge in [0.2, 0.25) is 5.91 Å². The predicted octanol–water partition coefficient (Wildman–Crippen LogP) is 3.53. The Hall–Kier alpha value is -1.36. The summed E-state index contributed by atoms with van der Waals surface area (Å²) in [5.41, 5.74) is 1.00. The number of carboxylic acids is 1. The minimum absolute atomic E-state index is 0.0446. The second-order valence-corrected chi connectivity index (χ2v) is 5.98. The fourth-order valence-corrected chi connectivity index (χ4v) is 2.27. The number of amides is 1. The molecule has 0 radical (unpaired) electrons. The van der Waals surface area contributed by atoms with E-state index in [9.17, 15) is 9.59 Å². The molecule has 4 nitrogen and oxygen atoms in total. The van der Waals surface area contributed by atoms with Crippen LogP contribution in [-0.4, -0.2) is 23.5 Å². The maximum absolute atomic E-state index is 11.7. The van der Waals surface area contributed by atoms with E-state index in [4.69, 9.17) is 5.11 Å². The summed E-state index contributed by atoms with van der Waals surface area (Å²) in [6, 6.07) is 7.73. The van der Waals surface area contributed by atoms with Crippen molar-refractivity contribution in [3.8, 4) is 0 Å². The van der Waals surface area contributed by atoms with Gasteiger partial charge in [-0.05, 0) is 30.5 Å². The Morgan fingerprint density at radius 3 is 2.29 bits per heavy atom. The maximum atomic E-state index is 11.7. The Labute approximate surface area is 134 Å². The molecule has 0 unspecified atom stereocenters. The van der Waals surface area contributed by atoms with Crippen LogP contribution in [0.25, 0.3) is 0 Å². The molecule has 116 valence electrons. The van der Waals surface area contributed by atoms with Crippen molar-refractivity contribution in [3.63, 3.8) is 0 Å². The van der Waals surface area contributed by atoms with Crippen LogP contribution < -0.4 is 5.32 Å². The molecule has 1 aromatic rings. The fraction of sp³-hybridized carbons (Fsp3) is 0.500. The number of benzene rings is 1. The highest BCUT2D eigenvalue weighted by Gasteiger charge is 2.02. The number of hydrogen-bond acceptors (Lipinski definition) is 2. The zero-order chi connectivity index (χ0) is 15.5. The van der Waals surface area contributed by atoms with Crippen LogP contribution in [0.15, 0.2) is 28.7 Å². The highest BCUT2D eigenvalue weighted by atomic mass is 79.9. The van der Waals surface area contributed by atoms with Gasteiger partial charge in [0.05, 0.1) is 6.42 Å². The first-order chi connectivity index (χ1) is 10.1. The van der Waals surface area contributed by atoms with E-state index >= 15 is 0 Å². The highest BCUT2D eigenvalue weighted by Crippen LogP contribution is 2.10. The van der Waals surface area contributed by atoms with Crippen LogP contribution in [0, 0.1) is 0 Å². The molecule has 2 N–H and O–H groups in total. The third kappa shape index (κ3) is 9.24. The molecule has 0 saturated carbocycles. The Kier molecular flexibility index (Phi) is 8.74. The van der Waals surface area contributed by atoms with Crippen molar-refractivity contribution in [2.24, 2.45) is 0 Å². The molecule has 0 aromatic heterocycles. The molecule has 0 aliphatic rings. The van der Waals surface area contributed by atoms with Crippen LogP contribution in [0.4, 0.5) is 0 Å². The Morgan fingerprint density at radius 2 is 1.62 bits per heavy atom. The minimum atomic E-state index is -0.727. The summed E-state index contributed by atoms with van der Waals surface area (Å²) in [5.74, 6) is -0.682. The number of unbranched alkanes of at least 4 members (excludes halogenated alkanes) is 4. The number of hydrogen-bond donors (Lipinski definition) is 2. The summed E-state index contributed by atoms with van der Waals surface area (Å²) in [6.45, 7) is 0.689. The molecule has 0 spiro atoms. The van der Waals surface area contributed by atoms with Gasteiger partial charge in [-0.3, -0.25) is 9.59 Å². The van der Waals surface area contributed by atoms with Crippen LogP contribution in [0.5, 0.6) is 0 Å². The number of carbonyl (C=O) groups is 2. The molecular weight excluding hydrogens is 334 g/mol. The van der Waals surface area contributed by atoms with Crippen LogP contribution in [0.1, 0.15) is 44.1 Å². The van der Waals surface area contributed by atoms with Gasteiger partial charge >= 0.3 is 5.97 Å². The molecule has 1 rings (SSSR count). The lowest BCUT2D eigenvalue weighted by Gasteiger charge is -2.05. The van der Waals surface area contributed by atoms with Crippen LogP contribution in [0.2, 0.25) is 0 Å². The van der Waals surface area contributed by atoms with Gasteiger partial charge < -0.3 is 10.4 Å². The topological polar surface area (TPSA) is 66.4 Å². The number of nitrogens with one attached hydrogen (secondary N) is 1. The van der Waals surface area contributed by atoms with E-state index in [1.165, 1.54) is 0 Å². The van der Waals surface area contributed by atoms with Crippen molar-refractivity contribution >= 4 is 27.8 Å². The Balaban J connectivity index is 2.01. The summed E-state index contributed by atoms with van der Waals surface area (Å²) >= 11 is 3.36. The van der Waals surface area contributed by atoms with Gasteiger partial charge in [0.15, 0.2) is 0 Å². The summed E-state index contributed by atoms with van der Waals surface area (Å²) in [5, 5.41) is 11.4. The molecule has 5 heteroatoms. The molecule has 0 fully saturated rings.